The van der Waals surface area contributed by atoms with Crippen molar-refractivity contribution in [1.82, 2.24) is 14.9 Å². The number of hydrogen-bond donors (Lipinski definition) is 1. The molecule has 3 aromatic rings. The Labute approximate surface area is 179 Å². The van der Waals surface area contributed by atoms with Crippen LogP contribution in [0.25, 0.3) is 10.2 Å². The molecule has 4 nitrogen and oxygen atoms in total. The van der Waals surface area contributed by atoms with Crippen molar-refractivity contribution in [3.63, 3.8) is 0 Å². The number of nitrogens with one attached hydrogen (secondary N) is 1. The molecule has 0 radical (unpaired) electrons. The maximum Gasteiger partial charge on any atom is 0.138 e. The van der Waals surface area contributed by atoms with Crippen LogP contribution in [0.1, 0.15) is 41.7 Å². The van der Waals surface area contributed by atoms with E-state index in [1.807, 2.05) is 11.3 Å². The van der Waals surface area contributed by atoms with Gasteiger partial charge < -0.3 is 10.2 Å². The number of aromatic nitrogens is 2. The van der Waals surface area contributed by atoms with E-state index >= 15 is 0 Å². The third-order valence-electron chi connectivity index (χ3n) is 6.42. The normalized spacial score (nSPS) is 17.9. The summed E-state index contributed by atoms with van der Waals surface area (Å²) in [5, 5.41) is 4.91. The lowest BCUT2D eigenvalue weighted by molar-refractivity contribution is 0.220. The maximum atomic E-state index is 13.9. The summed E-state index contributed by atoms with van der Waals surface area (Å²) >= 11 is 1.82. The van der Waals surface area contributed by atoms with Gasteiger partial charge in [0.25, 0.3) is 0 Å². The monoisotopic (exact) mass is 428 g/mol. The van der Waals surface area contributed by atoms with E-state index in [0.717, 1.165) is 49.4 Å². The van der Waals surface area contributed by atoms with E-state index in [1.54, 1.807) is 6.33 Å². The summed E-state index contributed by atoms with van der Waals surface area (Å²) in [6.07, 6.45) is 8.88. The van der Waals surface area contributed by atoms with Crippen molar-refractivity contribution in [1.29, 1.82) is 0 Å². The van der Waals surface area contributed by atoms with Crippen LogP contribution in [-0.4, -0.2) is 40.5 Å². The van der Waals surface area contributed by atoms with Gasteiger partial charge in [0, 0.05) is 36.1 Å². The fraction of sp³-hybridized carbons (Fsp3) is 0.478. The van der Waals surface area contributed by atoms with Crippen LogP contribution in [0.15, 0.2) is 24.5 Å². The topological polar surface area (TPSA) is 41.0 Å². The molecule has 0 amide bonds. The molecule has 158 valence electrons. The summed E-state index contributed by atoms with van der Waals surface area (Å²) in [6, 6.07) is 4.45. The maximum absolute atomic E-state index is 13.9. The van der Waals surface area contributed by atoms with Gasteiger partial charge in [-0.2, -0.15) is 0 Å². The number of hydrogen-bond acceptors (Lipinski definition) is 5. The second-order valence-electron chi connectivity index (χ2n) is 8.32. The molecule has 0 saturated carbocycles. The molecule has 2 aromatic heterocycles. The van der Waals surface area contributed by atoms with Crippen LogP contribution in [0.2, 0.25) is 0 Å². The number of likely N-dealkylation sites (tertiary alicyclic amines) is 1. The summed E-state index contributed by atoms with van der Waals surface area (Å²) in [6.45, 7) is 2.52. The lowest BCUT2D eigenvalue weighted by Crippen LogP contribution is -2.40. The van der Waals surface area contributed by atoms with Gasteiger partial charge in [-0.15, -0.1) is 11.3 Å². The van der Waals surface area contributed by atoms with Crippen LogP contribution in [0.5, 0.6) is 0 Å². The first-order valence-corrected chi connectivity index (χ1v) is 11.7. The molecule has 1 saturated heterocycles. The largest absolute Gasteiger partial charge is 0.367 e. The summed E-state index contributed by atoms with van der Waals surface area (Å²) in [5.41, 5.74) is 1.65. The molecule has 5 rings (SSSR count). The number of aryl methyl sites for hydroxylation is 2. The van der Waals surface area contributed by atoms with Crippen molar-refractivity contribution in [2.45, 2.75) is 51.0 Å². The van der Waals surface area contributed by atoms with Gasteiger partial charge in [0.1, 0.15) is 28.6 Å². The second-order valence-corrected chi connectivity index (χ2v) is 9.41. The zero-order chi connectivity index (χ0) is 20.5. The number of benzene rings is 1. The zero-order valence-electron chi connectivity index (χ0n) is 17.0. The average molecular weight is 429 g/mol. The van der Waals surface area contributed by atoms with Crippen molar-refractivity contribution in [2.75, 3.05) is 25.0 Å². The predicted octanol–water partition coefficient (Wildman–Crippen LogP) is 4.97. The molecule has 1 aromatic carbocycles. The Morgan fingerprint density at radius 1 is 1.07 bits per heavy atom. The number of rotatable bonds is 5. The van der Waals surface area contributed by atoms with E-state index in [4.69, 9.17) is 0 Å². The smallest absolute Gasteiger partial charge is 0.138 e. The van der Waals surface area contributed by atoms with E-state index in [2.05, 4.69) is 20.2 Å². The third-order valence-corrected chi connectivity index (χ3v) is 7.62. The second kappa shape index (κ2) is 8.55. The van der Waals surface area contributed by atoms with E-state index < -0.39 is 11.6 Å². The van der Waals surface area contributed by atoms with Gasteiger partial charge >= 0.3 is 0 Å². The Balaban J connectivity index is 1.21. The highest BCUT2D eigenvalue weighted by Crippen LogP contribution is 2.38. The van der Waals surface area contributed by atoms with Crippen molar-refractivity contribution in [3.8, 4) is 0 Å². The van der Waals surface area contributed by atoms with Crippen LogP contribution in [0.4, 0.5) is 14.6 Å². The molecule has 1 fully saturated rings. The Kier molecular flexibility index (Phi) is 5.65. The number of halogens is 2. The molecular weight excluding hydrogens is 402 g/mol. The lowest BCUT2D eigenvalue weighted by Gasteiger charge is -2.32. The number of piperidine rings is 1. The Bertz CT molecular complexity index is 1020. The van der Waals surface area contributed by atoms with Crippen LogP contribution >= 0.6 is 11.3 Å². The van der Waals surface area contributed by atoms with Crippen LogP contribution in [-0.2, 0) is 19.3 Å². The van der Waals surface area contributed by atoms with Crippen molar-refractivity contribution >= 4 is 27.4 Å². The van der Waals surface area contributed by atoms with Crippen LogP contribution < -0.4 is 5.32 Å². The van der Waals surface area contributed by atoms with Crippen LogP contribution in [0.3, 0.4) is 0 Å². The highest BCUT2D eigenvalue weighted by molar-refractivity contribution is 7.19. The molecule has 3 heterocycles. The number of fused-ring (bicyclic) bond motifs is 3. The standard InChI is InChI=1S/C23H26F2N4S/c24-18-5-3-6-19(25)16(18)10-13-29-11-8-15(9-12-29)28-22-21-17-4-1-2-7-20(17)30-23(21)27-14-26-22/h3,5-6,14-15H,1-2,4,7-13H2,(H,26,27,28). The molecule has 1 N–H and O–H groups in total. The van der Waals surface area contributed by atoms with Gasteiger partial charge in [0.2, 0.25) is 0 Å². The van der Waals surface area contributed by atoms with Crippen molar-refractivity contribution < 1.29 is 8.78 Å². The van der Waals surface area contributed by atoms with Gasteiger partial charge in [-0.1, -0.05) is 6.07 Å². The molecule has 0 atom stereocenters. The first kappa shape index (κ1) is 19.8. The fourth-order valence-corrected chi connectivity index (χ4v) is 5.96. The molecule has 0 spiro atoms. The summed E-state index contributed by atoms with van der Waals surface area (Å²) in [5.74, 6) is 0.0862. The SMILES string of the molecule is Fc1cccc(F)c1CCN1CCC(Nc2ncnc3sc4c(c23)CCCC4)CC1. The fourth-order valence-electron chi connectivity index (χ4n) is 4.73. The van der Waals surface area contributed by atoms with Crippen LogP contribution in [0, 0.1) is 11.6 Å². The van der Waals surface area contributed by atoms with E-state index in [-0.39, 0.29) is 5.56 Å². The summed E-state index contributed by atoms with van der Waals surface area (Å²) in [7, 11) is 0. The van der Waals surface area contributed by atoms with E-state index in [1.165, 1.54) is 46.9 Å². The molecule has 0 unspecified atom stereocenters. The van der Waals surface area contributed by atoms with Crippen molar-refractivity contribution in [3.05, 3.63) is 52.2 Å². The zero-order valence-corrected chi connectivity index (χ0v) is 17.8. The lowest BCUT2D eigenvalue weighted by atomic mass is 9.96. The molecule has 2 aliphatic rings. The number of thiophene rings is 1. The first-order valence-electron chi connectivity index (χ1n) is 10.9. The summed E-state index contributed by atoms with van der Waals surface area (Å²) in [4.78, 5) is 14.0. The first-order chi connectivity index (χ1) is 14.7. The third kappa shape index (κ3) is 3.93. The minimum absolute atomic E-state index is 0.198. The summed E-state index contributed by atoms with van der Waals surface area (Å²) < 4.78 is 27.7. The molecule has 7 heteroatoms. The molecule has 30 heavy (non-hydrogen) atoms. The average Bonchev–Trinajstić information content (AvgIpc) is 3.14. The van der Waals surface area contributed by atoms with Crippen molar-refractivity contribution in [2.24, 2.45) is 0 Å². The highest BCUT2D eigenvalue weighted by atomic mass is 32.1. The van der Waals surface area contributed by atoms with Gasteiger partial charge in [-0.3, -0.25) is 0 Å². The number of nitrogens with zero attached hydrogens (tertiary/aromatic N) is 3. The minimum atomic E-state index is -0.446. The molecule has 0 bridgehead atoms. The van der Waals surface area contributed by atoms with Gasteiger partial charge in [0.05, 0.1) is 5.39 Å². The quantitative estimate of drug-likeness (QED) is 0.623. The Morgan fingerprint density at radius 3 is 2.63 bits per heavy atom. The Hall–Kier alpha value is -2.12. The molecular formula is C23H26F2N4S. The predicted molar refractivity (Wildman–Crippen MR) is 117 cm³/mol. The van der Waals surface area contributed by atoms with Gasteiger partial charge in [-0.05, 0) is 62.6 Å². The Morgan fingerprint density at radius 2 is 1.83 bits per heavy atom. The van der Waals surface area contributed by atoms with Gasteiger partial charge in [-0.25, -0.2) is 18.7 Å². The number of anilines is 1. The van der Waals surface area contributed by atoms with E-state index in [9.17, 15) is 8.78 Å². The van der Waals surface area contributed by atoms with E-state index in [0.29, 0.717) is 19.0 Å². The van der Waals surface area contributed by atoms with Gasteiger partial charge in [0.15, 0.2) is 0 Å². The highest BCUT2D eigenvalue weighted by Gasteiger charge is 2.24. The molecule has 1 aliphatic heterocycles. The minimum Gasteiger partial charge on any atom is -0.367 e. The molecule has 1 aliphatic carbocycles.